The van der Waals surface area contributed by atoms with Gasteiger partial charge in [-0.25, -0.2) is 4.79 Å². The molecule has 0 unspecified atom stereocenters. The van der Waals surface area contributed by atoms with Gasteiger partial charge in [-0.2, -0.15) is 0 Å². The largest absolute Gasteiger partial charge is 0.327 e. The maximum absolute atomic E-state index is 13.0. The van der Waals surface area contributed by atoms with Crippen molar-refractivity contribution in [2.45, 2.75) is 19.9 Å². The number of aryl methyl sites for hydroxylation is 1. The summed E-state index contributed by atoms with van der Waals surface area (Å²) in [5.74, 6) is -0.342. The molecule has 0 spiro atoms. The lowest BCUT2D eigenvalue weighted by Gasteiger charge is -2.29. The van der Waals surface area contributed by atoms with Crippen molar-refractivity contribution in [2.24, 2.45) is 0 Å². The molecular formula is C19H17Cl2N3O2. The second-order valence-electron chi connectivity index (χ2n) is 5.97. The first-order chi connectivity index (χ1) is 12.4. The molecule has 0 fully saturated rings. The van der Waals surface area contributed by atoms with Crippen LogP contribution < -0.4 is 16.0 Å². The Kier molecular flexibility index (Phi) is 5.20. The van der Waals surface area contributed by atoms with E-state index in [9.17, 15) is 9.59 Å². The van der Waals surface area contributed by atoms with Gasteiger partial charge in [0.25, 0.3) is 5.91 Å². The van der Waals surface area contributed by atoms with E-state index < -0.39 is 12.1 Å². The van der Waals surface area contributed by atoms with Gasteiger partial charge in [0.05, 0.1) is 11.6 Å². The van der Waals surface area contributed by atoms with E-state index in [1.807, 2.05) is 31.2 Å². The number of halogens is 2. The molecule has 0 saturated carbocycles. The minimum absolute atomic E-state index is 0.342. The highest BCUT2D eigenvalue weighted by atomic mass is 35.5. The Balaban J connectivity index is 2.04. The predicted molar refractivity (Wildman–Crippen MR) is 103 cm³/mol. The van der Waals surface area contributed by atoms with E-state index >= 15 is 0 Å². The summed E-state index contributed by atoms with van der Waals surface area (Å²) in [6.45, 7) is 3.57. The molecule has 0 aliphatic carbocycles. The molecule has 3 N–H and O–H groups in total. The van der Waals surface area contributed by atoms with Crippen LogP contribution in [-0.4, -0.2) is 11.9 Å². The van der Waals surface area contributed by atoms with Crippen molar-refractivity contribution in [3.8, 4) is 0 Å². The van der Waals surface area contributed by atoms with E-state index in [4.69, 9.17) is 23.2 Å². The van der Waals surface area contributed by atoms with Crippen LogP contribution in [0.5, 0.6) is 0 Å². The molecule has 2 aromatic carbocycles. The fourth-order valence-corrected chi connectivity index (χ4v) is 3.52. The summed E-state index contributed by atoms with van der Waals surface area (Å²) in [6, 6.07) is 11.3. The summed E-state index contributed by atoms with van der Waals surface area (Å²) in [5.41, 5.74) is 2.90. The molecule has 3 amide bonds. The minimum atomic E-state index is -0.756. The highest BCUT2D eigenvalue weighted by Crippen LogP contribution is 2.36. The van der Waals surface area contributed by atoms with Crippen LogP contribution in [0.3, 0.4) is 0 Å². The normalized spacial score (nSPS) is 16.8. The van der Waals surface area contributed by atoms with Gasteiger partial charge >= 0.3 is 6.03 Å². The first kappa shape index (κ1) is 18.3. The molecule has 5 nitrogen and oxygen atoms in total. The van der Waals surface area contributed by atoms with E-state index in [1.54, 1.807) is 25.1 Å². The Morgan fingerprint density at radius 1 is 1.04 bits per heavy atom. The average molecular weight is 390 g/mol. The number of para-hydroxylation sites is 1. The molecule has 1 heterocycles. The number of allylic oxidation sites excluding steroid dienone is 1. The molecule has 3 rings (SSSR count). The van der Waals surface area contributed by atoms with Crippen molar-refractivity contribution in [3.63, 3.8) is 0 Å². The first-order valence-electron chi connectivity index (χ1n) is 7.97. The molecule has 1 aliphatic rings. The zero-order chi connectivity index (χ0) is 18.8. The second-order valence-corrected chi connectivity index (χ2v) is 6.79. The third-order valence-corrected chi connectivity index (χ3v) is 4.85. The summed E-state index contributed by atoms with van der Waals surface area (Å²) in [5, 5.41) is 9.01. The van der Waals surface area contributed by atoms with Gasteiger partial charge in [-0.3, -0.25) is 4.79 Å². The van der Waals surface area contributed by atoms with E-state index in [0.717, 1.165) is 5.56 Å². The average Bonchev–Trinajstić information content (AvgIpc) is 2.56. The highest BCUT2D eigenvalue weighted by Gasteiger charge is 2.33. The Labute approximate surface area is 161 Å². The number of carbonyl (C=O) groups is 2. The van der Waals surface area contributed by atoms with Gasteiger partial charge in [0, 0.05) is 27.0 Å². The molecule has 0 radical (unpaired) electrons. The number of benzene rings is 2. The van der Waals surface area contributed by atoms with Gasteiger partial charge < -0.3 is 16.0 Å². The van der Waals surface area contributed by atoms with Crippen LogP contribution in [0.25, 0.3) is 0 Å². The van der Waals surface area contributed by atoms with E-state index in [-0.39, 0.29) is 5.91 Å². The SMILES string of the molecule is CC1=C(C(=O)Nc2ccccc2C)[C@H](c2c(Cl)cccc2Cl)NC(=O)N1. The van der Waals surface area contributed by atoms with Crippen molar-refractivity contribution in [3.05, 3.63) is 74.9 Å². The van der Waals surface area contributed by atoms with E-state index in [0.29, 0.717) is 32.6 Å². The van der Waals surface area contributed by atoms with Crippen LogP contribution in [0.15, 0.2) is 53.7 Å². The van der Waals surface area contributed by atoms with Crippen molar-refractivity contribution in [1.82, 2.24) is 10.6 Å². The number of hydrogen-bond donors (Lipinski definition) is 3. The van der Waals surface area contributed by atoms with Crippen LogP contribution in [-0.2, 0) is 4.79 Å². The minimum Gasteiger partial charge on any atom is -0.327 e. The summed E-state index contributed by atoms with van der Waals surface area (Å²) in [4.78, 5) is 25.0. The van der Waals surface area contributed by atoms with Gasteiger partial charge in [-0.1, -0.05) is 47.5 Å². The Morgan fingerprint density at radius 3 is 2.35 bits per heavy atom. The fourth-order valence-electron chi connectivity index (χ4n) is 2.90. The molecule has 0 saturated heterocycles. The van der Waals surface area contributed by atoms with Crippen LogP contribution in [0, 0.1) is 6.92 Å². The van der Waals surface area contributed by atoms with Gasteiger partial charge in [-0.15, -0.1) is 0 Å². The van der Waals surface area contributed by atoms with Crippen LogP contribution >= 0.6 is 23.2 Å². The second kappa shape index (κ2) is 7.40. The van der Waals surface area contributed by atoms with E-state index in [2.05, 4.69) is 16.0 Å². The topological polar surface area (TPSA) is 70.2 Å². The number of rotatable bonds is 3. The number of carbonyl (C=O) groups excluding carboxylic acids is 2. The molecule has 2 aromatic rings. The number of hydrogen-bond acceptors (Lipinski definition) is 2. The zero-order valence-corrected chi connectivity index (χ0v) is 15.7. The molecule has 134 valence electrons. The van der Waals surface area contributed by atoms with Crippen molar-refractivity contribution >= 4 is 40.8 Å². The number of amides is 3. The van der Waals surface area contributed by atoms with Gasteiger partial charge in [0.2, 0.25) is 0 Å². The molecule has 1 atom stereocenters. The predicted octanol–water partition coefficient (Wildman–Crippen LogP) is 4.57. The van der Waals surface area contributed by atoms with Crippen LogP contribution in [0.4, 0.5) is 10.5 Å². The Morgan fingerprint density at radius 2 is 1.69 bits per heavy atom. The Hall–Kier alpha value is -2.50. The summed E-state index contributed by atoms with van der Waals surface area (Å²) in [7, 11) is 0. The molecule has 7 heteroatoms. The third-order valence-electron chi connectivity index (χ3n) is 4.20. The van der Waals surface area contributed by atoms with Gasteiger partial charge in [-0.05, 0) is 37.6 Å². The van der Waals surface area contributed by atoms with Crippen molar-refractivity contribution in [2.75, 3.05) is 5.32 Å². The smallest absolute Gasteiger partial charge is 0.319 e. The summed E-state index contributed by atoms with van der Waals surface area (Å²) < 4.78 is 0. The maximum Gasteiger partial charge on any atom is 0.319 e. The molecule has 26 heavy (non-hydrogen) atoms. The van der Waals surface area contributed by atoms with Crippen molar-refractivity contribution in [1.29, 1.82) is 0 Å². The molecule has 0 bridgehead atoms. The summed E-state index contributed by atoms with van der Waals surface area (Å²) >= 11 is 12.6. The fraction of sp³-hybridized carbons (Fsp3) is 0.158. The zero-order valence-electron chi connectivity index (χ0n) is 14.2. The summed E-state index contributed by atoms with van der Waals surface area (Å²) in [6.07, 6.45) is 0. The maximum atomic E-state index is 13.0. The first-order valence-corrected chi connectivity index (χ1v) is 8.73. The molecule has 1 aliphatic heterocycles. The van der Waals surface area contributed by atoms with E-state index in [1.165, 1.54) is 0 Å². The standard InChI is InChI=1S/C19H17Cl2N3O2/c1-10-6-3-4-9-14(10)23-18(25)15-11(2)22-19(26)24-17(15)16-12(20)7-5-8-13(16)21/h3-9,17H,1-2H3,(H,23,25)(H2,22,24,26)/t17-/m1/s1. The monoisotopic (exact) mass is 389 g/mol. The van der Waals surface area contributed by atoms with Crippen LogP contribution in [0.2, 0.25) is 10.0 Å². The number of anilines is 1. The quantitative estimate of drug-likeness (QED) is 0.719. The lowest BCUT2D eigenvalue weighted by molar-refractivity contribution is -0.113. The van der Waals surface area contributed by atoms with Crippen LogP contribution in [0.1, 0.15) is 24.1 Å². The van der Waals surface area contributed by atoms with Gasteiger partial charge in [0.1, 0.15) is 0 Å². The third kappa shape index (κ3) is 3.54. The number of nitrogens with one attached hydrogen (secondary N) is 3. The number of urea groups is 1. The highest BCUT2D eigenvalue weighted by molar-refractivity contribution is 6.36. The Bertz CT molecular complexity index is 905. The lowest BCUT2D eigenvalue weighted by Crippen LogP contribution is -2.46. The lowest BCUT2D eigenvalue weighted by atomic mass is 9.94. The van der Waals surface area contributed by atoms with Gasteiger partial charge in [0.15, 0.2) is 0 Å². The molecular weight excluding hydrogens is 373 g/mol. The van der Waals surface area contributed by atoms with Crippen molar-refractivity contribution < 1.29 is 9.59 Å². The molecule has 0 aromatic heterocycles.